The number of fused-ring (bicyclic) bond motifs is 1. The van der Waals surface area contributed by atoms with Gasteiger partial charge in [-0.2, -0.15) is 5.10 Å². The smallest absolute Gasteiger partial charge is 0.338 e. The standard InChI is InChI=1S/C21H18BrN3O2/c1-2-27-21(26)17-13-23-19-12-18(14-8-10-16(22)11-9-14)24-25(19)20(17)15-6-4-3-5-7-15/h3-13,20,23H,2H2,1H3/t20-/m0/s1. The van der Waals surface area contributed by atoms with Gasteiger partial charge in [-0.3, -0.25) is 0 Å². The summed E-state index contributed by atoms with van der Waals surface area (Å²) in [7, 11) is 0. The van der Waals surface area contributed by atoms with Gasteiger partial charge in [-0.15, -0.1) is 0 Å². The average molecular weight is 424 g/mol. The van der Waals surface area contributed by atoms with Crippen LogP contribution in [0.2, 0.25) is 0 Å². The van der Waals surface area contributed by atoms with Crippen molar-refractivity contribution in [3.8, 4) is 11.3 Å². The van der Waals surface area contributed by atoms with Crippen molar-refractivity contribution in [2.24, 2.45) is 0 Å². The van der Waals surface area contributed by atoms with Crippen molar-refractivity contribution in [3.63, 3.8) is 0 Å². The lowest BCUT2D eigenvalue weighted by Gasteiger charge is -2.26. The first-order chi connectivity index (χ1) is 13.2. The van der Waals surface area contributed by atoms with E-state index in [2.05, 4.69) is 21.2 Å². The van der Waals surface area contributed by atoms with Crippen LogP contribution in [0, 0.1) is 0 Å². The Bertz CT molecular complexity index is 994. The number of carbonyl (C=O) groups is 1. The molecule has 3 aromatic rings. The molecule has 0 saturated carbocycles. The van der Waals surface area contributed by atoms with E-state index in [1.807, 2.05) is 65.3 Å². The number of anilines is 1. The van der Waals surface area contributed by atoms with Gasteiger partial charge in [0.2, 0.25) is 0 Å². The highest BCUT2D eigenvalue weighted by molar-refractivity contribution is 9.10. The molecular weight excluding hydrogens is 406 g/mol. The fourth-order valence-electron chi connectivity index (χ4n) is 3.16. The number of hydrogen-bond acceptors (Lipinski definition) is 4. The molecule has 6 heteroatoms. The van der Waals surface area contributed by atoms with E-state index >= 15 is 0 Å². The summed E-state index contributed by atoms with van der Waals surface area (Å²) in [4.78, 5) is 12.5. The van der Waals surface area contributed by atoms with Crippen molar-refractivity contribution in [2.75, 3.05) is 11.9 Å². The Morgan fingerprint density at radius 1 is 1.19 bits per heavy atom. The van der Waals surface area contributed by atoms with E-state index in [0.29, 0.717) is 12.2 Å². The van der Waals surface area contributed by atoms with Crippen molar-refractivity contribution in [3.05, 3.63) is 82.5 Å². The molecule has 1 atom stereocenters. The van der Waals surface area contributed by atoms with Crippen LogP contribution in [0.5, 0.6) is 0 Å². The number of carbonyl (C=O) groups excluding carboxylic acids is 1. The summed E-state index contributed by atoms with van der Waals surface area (Å²) in [6, 6.07) is 19.5. The molecule has 0 aliphatic carbocycles. The highest BCUT2D eigenvalue weighted by Gasteiger charge is 2.31. The number of hydrogen-bond donors (Lipinski definition) is 1. The molecule has 0 radical (unpaired) electrons. The van der Waals surface area contributed by atoms with Crippen molar-refractivity contribution in [2.45, 2.75) is 13.0 Å². The largest absolute Gasteiger partial charge is 0.463 e. The summed E-state index contributed by atoms with van der Waals surface area (Å²) in [5.41, 5.74) is 3.35. The molecule has 0 amide bonds. The summed E-state index contributed by atoms with van der Waals surface area (Å²) in [6.45, 7) is 2.13. The van der Waals surface area contributed by atoms with Gasteiger partial charge in [0.1, 0.15) is 11.9 Å². The van der Waals surface area contributed by atoms with Crippen LogP contribution < -0.4 is 5.32 Å². The Morgan fingerprint density at radius 2 is 1.93 bits per heavy atom. The van der Waals surface area contributed by atoms with Gasteiger partial charge in [0.25, 0.3) is 0 Å². The van der Waals surface area contributed by atoms with Crippen molar-refractivity contribution in [1.29, 1.82) is 0 Å². The SMILES string of the molecule is CCOC(=O)C1=CNc2cc(-c3ccc(Br)cc3)nn2[C@H]1c1ccccc1. The molecule has 0 fully saturated rings. The number of halogens is 1. The number of aromatic nitrogens is 2. The summed E-state index contributed by atoms with van der Waals surface area (Å²) in [5.74, 6) is 0.486. The van der Waals surface area contributed by atoms with Crippen molar-refractivity contribution in [1.82, 2.24) is 9.78 Å². The van der Waals surface area contributed by atoms with Crippen molar-refractivity contribution >= 4 is 27.7 Å². The molecule has 0 bridgehead atoms. The minimum atomic E-state index is -0.342. The quantitative estimate of drug-likeness (QED) is 0.613. The van der Waals surface area contributed by atoms with E-state index in [0.717, 1.165) is 27.1 Å². The van der Waals surface area contributed by atoms with Crippen LogP contribution in [0.3, 0.4) is 0 Å². The average Bonchev–Trinajstić information content (AvgIpc) is 3.13. The first kappa shape index (κ1) is 17.5. The Hall–Kier alpha value is -2.86. The zero-order chi connectivity index (χ0) is 18.8. The van der Waals surface area contributed by atoms with Gasteiger partial charge < -0.3 is 10.1 Å². The highest BCUT2D eigenvalue weighted by atomic mass is 79.9. The predicted octanol–water partition coefficient (Wildman–Crippen LogP) is 4.77. The van der Waals surface area contributed by atoms with Crippen molar-refractivity contribution < 1.29 is 9.53 Å². The molecule has 1 aliphatic heterocycles. The molecule has 2 heterocycles. The maximum Gasteiger partial charge on any atom is 0.338 e. The van der Waals surface area contributed by atoms with Gasteiger partial charge in [-0.05, 0) is 24.6 Å². The molecular formula is C21H18BrN3O2. The van der Waals surface area contributed by atoms with E-state index in [-0.39, 0.29) is 12.0 Å². The summed E-state index contributed by atoms with van der Waals surface area (Å²) < 4.78 is 8.12. The highest BCUT2D eigenvalue weighted by Crippen LogP contribution is 2.35. The second-order valence-electron chi connectivity index (χ2n) is 6.14. The minimum Gasteiger partial charge on any atom is -0.463 e. The molecule has 136 valence electrons. The molecule has 5 nitrogen and oxygen atoms in total. The molecule has 0 saturated heterocycles. The predicted molar refractivity (Wildman–Crippen MR) is 108 cm³/mol. The second-order valence-corrected chi connectivity index (χ2v) is 7.06. The third-order valence-electron chi connectivity index (χ3n) is 4.42. The van der Waals surface area contributed by atoms with Crippen LogP contribution in [0.15, 0.2) is 76.9 Å². The van der Waals surface area contributed by atoms with Gasteiger partial charge in [-0.1, -0.05) is 58.4 Å². The Kier molecular flexibility index (Phi) is 4.81. The number of nitrogens with zero attached hydrogens (tertiary/aromatic N) is 2. The second kappa shape index (κ2) is 7.40. The number of benzene rings is 2. The summed E-state index contributed by atoms with van der Waals surface area (Å²) in [6.07, 6.45) is 1.72. The van der Waals surface area contributed by atoms with Crippen LogP contribution in [-0.4, -0.2) is 22.4 Å². The topological polar surface area (TPSA) is 56.1 Å². The molecule has 1 N–H and O–H groups in total. The van der Waals surface area contributed by atoms with Gasteiger partial charge in [0.05, 0.1) is 17.9 Å². The van der Waals surface area contributed by atoms with E-state index < -0.39 is 0 Å². The van der Waals surface area contributed by atoms with Crippen LogP contribution in [0.1, 0.15) is 18.5 Å². The van der Waals surface area contributed by atoms with Gasteiger partial charge in [-0.25, -0.2) is 9.48 Å². The van der Waals surface area contributed by atoms with Gasteiger partial charge >= 0.3 is 5.97 Å². The molecule has 1 aliphatic rings. The lowest BCUT2D eigenvalue weighted by atomic mass is 9.98. The van der Waals surface area contributed by atoms with Crippen LogP contribution in [0.25, 0.3) is 11.3 Å². The summed E-state index contributed by atoms with van der Waals surface area (Å²) >= 11 is 3.46. The number of ether oxygens (including phenoxy) is 1. The normalized spacial score (nSPS) is 15.5. The Balaban J connectivity index is 1.79. The van der Waals surface area contributed by atoms with E-state index in [4.69, 9.17) is 9.84 Å². The maximum absolute atomic E-state index is 12.5. The Morgan fingerprint density at radius 3 is 2.63 bits per heavy atom. The zero-order valence-corrected chi connectivity index (χ0v) is 16.3. The van der Waals surface area contributed by atoms with Gasteiger partial charge in [0, 0.05) is 22.3 Å². The zero-order valence-electron chi connectivity index (χ0n) is 14.7. The van der Waals surface area contributed by atoms with Crippen LogP contribution >= 0.6 is 15.9 Å². The number of rotatable bonds is 4. The number of esters is 1. The molecule has 4 rings (SSSR count). The molecule has 1 aromatic heterocycles. The van der Waals surface area contributed by atoms with E-state index in [9.17, 15) is 4.79 Å². The lowest BCUT2D eigenvalue weighted by Crippen LogP contribution is -2.26. The first-order valence-corrected chi connectivity index (χ1v) is 9.51. The third-order valence-corrected chi connectivity index (χ3v) is 4.95. The maximum atomic E-state index is 12.5. The van der Waals surface area contributed by atoms with E-state index in [1.165, 1.54) is 0 Å². The molecule has 2 aromatic carbocycles. The molecule has 0 unspecified atom stereocenters. The summed E-state index contributed by atoms with van der Waals surface area (Å²) in [5, 5.41) is 7.97. The lowest BCUT2D eigenvalue weighted by molar-refractivity contribution is -0.139. The van der Waals surface area contributed by atoms with Crippen LogP contribution in [-0.2, 0) is 9.53 Å². The molecule has 0 spiro atoms. The third kappa shape index (κ3) is 3.40. The fraction of sp³-hybridized carbons (Fsp3) is 0.143. The van der Waals surface area contributed by atoms with Gasteiger partial charge in [0.15, 0.2) is 0 Å². The van der Waals surface area contributed by atoms with E-state index in [1.54, 1.807) is 13.1 Å². The monoisotopic (exact) mass is 423 g/mol. The minimum absolute atomic E-state index is 0.327. The number of nitrogens with one attached hydrogen (secondary N) is 1. The first-order valence-electron chi connectivity index (χ1n) is 8.71. The van der Waals surface area contributed by atoms with Crippen LogP contribution in [0.4, 0.5) is 5.82 Å². The Labute approximate surface area is 165 Å². The fourth-order valence-corrected chi connectivity index (χ4v) is 3.43. The molecule has 27 heavy (non-hydrogen) atoms.